The summed E-state index contributed by atoms with van der Waals surface area (Å²) in [6.07, 6.45) is 8.99. The number of imidazole rings is 2. The smallest absolute Gasteiger partial charge is 0.289 e. The van der Waals surface area contributed by atoms with E-state index in [4.69, 9.17) is 0 Å². The predicted octanol–water partition coefficient (Wildman–Crippen LogP) is 0.933. The van der Waals surface area contributed by atoms with Gasteiger partial charge in [0.1, 0.15) is 5.82 Å². The number of carbonyl (C=O) groups excluding carboxylic acids is 2. The Morgan fingerprint density at radius 3 is 2.68 bits per heavy atom. The molecule has 1 N–H and O–H groups in total. The van der Waals surface area contributed by atoms with Crippen LogP contribution in [-0.4, -0.2) is 67.3 Å². The lowest BCUT2D eigenvalue weighted by molar-refractivity contribution is -0.131. The van der Waals surface area contributed by atoms with E-state index in [-0.39, 0.29) is 11.8 Å². The molecule has 0 radical (unpaired) electrons. The third-order valence-electron chi connectivity index (χ3n) is 4.52. The number of carbonyl (C=O) groups is 2. The SMILES string of the molecule is CCc1nccn1CCC(=O)N1CCCN(C(=O)c2ncc[nH]2)CC1. The second kappa shape index (κ2) is 7.96. The molecule has 8 heteroatoms. The van der Waals surface area contributed by atoms with Crippen molar-refractivity contribution < 1.29 is 9.59 Å². The van der Waals surface area contributed by atoms with E-state index in [1.165, 1.54) is 0 Å². The number of rotatable bonds is 5. The van der Waals surface area contributed by atoms with Gasteiger partial charge in [-0.25, -0.2) is 9.97 Å². The van der Waals surface area contributed by atoms with E-state index in [2.05, 4.69) is 21.9 Å². The highest BCUT2D eigenvalue weighted by molar-refractivity contribution is 5.90. The Bertz CT molecular complexity index is 709. The van der Waals surface area contributed by atoms with E-state index in [0.717, 1.165) is 18.7 Å². The lowest BCUT2D eigenvalue weighted by atomic mass is 10.3. The quantitative estimate of drug-likeness (QED) is 0.874. The fraction of sp³-hybridized carbons (Fsp3) is 0.529. The molecule has 0 bridgehead atoms. The fourth-order valence-corrected chi connectivity index (χ4v) is 3.13. The van der Waals surface area contributed by atoms with Gasteiger partial charge in [-0.2, -0.15) is 0 Å². The summed E-state index contributed by atoms with van der Waals surface area (Å²) < 4.78 is 2.03. The van der Waals surface area contributed by atoms with Crippen LogP contribution in [0.25, 0.3) is 0 Å². The standard InChI is InChI=1S/C17H24N6O2/c1-2-14-18-7-11-21(14)10-4-15(24)22-8-3-9-23(13-12-22)17(25)16-19-5-6-20-16/h5-7,11H,2-4,8-10,12-13H2,1H3,(H,19,20). The fourth-order valence-electron chi connectivity index (χ4n) is 3.13. The van der Waals surface area contributed by atoms with Crippen molar-refractivity contribution >= 4 is 11.8 Å². The van der Waals surface area contributed by atoms with Crippen molar-refractivity contribution in [2.75, 3.05) is 26.2 Å². The number of H-pyrrole nitrogens is 1. The van der Waals surface area contributed by atoms with Crippen molar-refractivity contribution in [1.82, 2.24) is 29.3 Å². The van der Waals surface area contributed by atoms with Gasteiger partial charge in [0.2, 0.25) is 5.91 Å². The molecule has 0 atom stereocenters. The monoisotopic (exact) mass is 344 g/mol. The summed E-state index contributed by atoms with van der Waals surface area (Å²) in [5.41, 5.74) is 0. The lowest BCUT2D eigenvalue weighted by Crippen LogP contribution is -2.38. The molecule has 2 amide bonds. The summed E-state index contributed by atoms with van der Waals surface area (Å²) in [4.78, 5) is 39.6. The van der Waals surface area contributed by atoms with Gasteiger partial charge < -0.3 is 19.4 Å². The third kappa shape index (κ3) is 4.07. The van der Waals surface area contributed by atoms with Crippen LogP contribution in [0.3, 0.4) is 0 Å². The molecular weight excluding hydrogens is 320 g/mol. The normalized spacial score (nSPS) is 15.2. The molecule has 25 heavy (non-hydrogen) atoms. The second-order valence-corrected chi connectivity index (χ2v) is 6.10. The Hall–Kier alpha value is -2.64. The van der Waals surface area contributed by atoms with Crippen LogP contribution in [0, 0.1) is 0 Å². The zero-order valence-electron chi connectivity index (χ0n) is 14.5. The Labute approximate surface area is 146 Å². The van der Waals surface area contributed by atoms with Crippen molar-refractivity contribution in [2.24, 2.45) is 0 Å². The Morgan fingerprint density at radius 1 is 1.12 bits per heavy atom. The minimum Gasteiger partial charge on any atom is -0.341 e. The van der Waals surface area contributed by atoms with Crippen LogP contribution in [0.4, 0.5) is 0 Å². The predicted molar refractivity (Wildman–Crippen MR) is 91.9 cm³/mol. The molecule has 0 spiro atoms. The number of nitrogens with one attached hydrogen (secondary N) is 1. The number of nitrogens with zero attached hydrogens (tertiary/aromatic N) is 5. The van der Waals surface area contributed by atoms with Gasteiger partial charge in [0.15, 0.2) is 5.82 Å². The number of aryl methyl sites for hydroxylation is 2. The molecule has 0 aliphatic carbocycles. The summed E-state index contributed by atoms with van der Waals surface area (Å²) in [5.74, 6) is 1.37. The van der Waals surface area contributed by atoms with E-state index in [0.29, 0.717) is 45.0 Å². The molecule has 8 nitrogen and oxygen atoms in total. The molecule has 2 aromatic rings. The molecule has 1 aliphatic rings. The Morgan fingerprint density at radius 2 is 1.92 bits per heavy atom. The van der Waals surface area contributed by atoms with Crippen molar-refractivity contribution in [3.8, 4) is 0 Å². The molecule has 0 unspecified atom stereocenters. The minimum absolute atomic E-state index is 0.106. The first-order valence-electron chi connectivity index (χ1n) is 8.75. The molecule has 134 valence electrons. The zero-order valence-corrected chi connectivity index (χ0v) is 14.5. The molecule has 1 aliphatic heterocycles. The summed E-state index contributed by atoms with van der Waals surface area (Å²) in [6, 6.07) is 0. The first-order valence-corrected chi connectivity index (χ1v) is 8.75. The van der Waals surface area contributed by atoms with Gasteiger partial charge in [0.25, 0.3) is 5.91 Å². The van der Waals surface area contributed by atoms with E-state index in [9.17, 15) is 9.59 Å². The maximum Gasteiger partial charge on any atom is 0.289 e. The first-order chi connectivity index (χ1) is 12.2. The summed E-state index contributed by atoms with van der Waals surface area (Å²) >= 11 is 0. The number of aromatic amines is 1. The van der Waals surface area contributed by atoms with Crippen molar-refractivity contribution in [1.29, 1.82) is 0 Å². The summed E-state index contributed by atoms with van der Waals surface area (Å²) in [5, 5.41) is 0. The first kappa shape index (κ1) is 17.2. The summed E-state index contributed by atoms with van der Waals surface area (Å²) in [6.45, 7) is 5.14. The van der Waals surface area contributed by atoms with Gasteiger partial charge >= 0.3 is 0 Å². The van der Waals surface area contributed by atoms with Gasteiger partial charge in [-0.3, -0.25) is 9.59 Å². The number of hydrogen-bond donors (Lipinski definition) is 1. The molecule has 2 aromatic heterocycles. The van der Waals surface area contributed by atoms with E-state index in [1.54, 1.807) is 23.5 Å². The molecule has 1 fully saturated rings. The highest BCUT2D eigenvalue weighted by Crippen LogP contribution is 2.09. The highest BCUT2D eigenvalue weighted by atomic mass is 16.2. The molecular formula is C17H24N6O2. The van der Waals surface area contributed by atoms with Crippen LogP contribution >= 0.6 is 0 Å². The van der Waals surface area contributed by atoms with E-state index < -0.39 is 0 Å². The van der Waals surface area contributed by atoms with Gasteiger partial charge in [-0.05, 0) is 6.42 Å². The minimum atomic E-state index is -0.106. The van der Waals surface area contributed by atoms with Crippen LogP contribution in [0.2, 0.25) is 0 Å². The maximum absolute atomic E-state index is 12.5. The third-order valence-corrected chi connectivity index (χ3v) is 4.52. The average molecular weight is 344 g/mol. The average Bonchev–Trinajstić information content (AvgIpc) is 3.26. The molecule has 3 heterocycles. The van der Waals surface area contributed by atoms with E-state index >= 15 is 0 Å². The largest absolute Gasteiger partial charge is 0.341 e. The van der Waals surface area contributed by atoms with Crippen molar-refractivity contribution in [2.45, 2.75) is 32.7 Å². The highest BCUT2D eigenvalue weighted by Gasteiger charge is 2.23. The van der Waals surface area contributed by atoms with Crippen molar-refractivity contribution in [3.05, 3.63) is 36.4 Å². The van der Waals surface area contributed by atoms with Crippen LogP contribution in [-0.2, 0) is 17.8 Å². The number of aromatic nitrogens is 4. The summed E-state index contributed by atoms with van der Waals surface area (Å²) in [7, 11) is 0. The second-order valence-electron chi connectivity index (χ2n) is 6.10. The Kier molecular flexibility index (Phi) is 5.47. The van der Waals surface area contributed by atoms with Gasteiger partial charge in [0.05, 0.1) is 0 Å². The van der Waals surface area contributed by atoms with Gasteiger partial charge in [-0.1, -0.05) is 6.92 Å². The number of amides is 2. The van der Waals surface area contributed by atoms with E-state index in [1.807, 2.05) is 15.7 Å². The molecule has 1 saturated heterocycles. The topological polar surface area (TPSA) is 87.1 Å². The van der Waals surface area contributed by atoms with Crippen LogP contribution < -0.4 is 0 Å². The maximum atomic E-state index is 12.5. The van der Waals surface area contributed by atoms with Crippen LogP contribution in [0.15, 0.2) is 24.8 Å². The van der Waals surface area contributed by atoms with Crippen molar-refractivity contribution in [3.63, 3.8) is 0 Å². The zero-order chi connectivity index (χ0) is 17.6. The lowest BCUT2D eigenvalue weighted by Gasteiger charge is -2.22. The van der Waals surface area contributed by atoms with Crippen LogP contribution in [0.1, 0.15) is 36.2 Å². The molecule has 0 aromatic carbocycles. The molecule has 0 saturated carbocycles. The van der Waals surface area contributed by atoms with Gasteiger partial charge in [-0.15, -0.1) is 0 Å². The number of hydrogen-bond acceptors (Lipinski definition) is 4. The Balaban J connectivity index is 1.52. The molecule has 3 rings (SSSR count). The van der Waals surface area contributed by atoms with Crippen LogP contribution in [0.5, 0.6) is 0 Å². The van der Waals surface area contributed by atoms with Gasteiger partial charge in [0, 0.05) is 70.4 Å².